The van der Waals surface area contributed by atoms with E-state index in [1.165, 1.54) is 28.4 Å². The molecule has 0 spiro atoms. The average molecular weight is 586 g/mol. The molecular formula is C27H19ClF3N5O3S. The lowest BCUT2D eigenvalue weighted by atomic mass is 10.1. The molecular weight excluding hydrogens is 567 g/mol. The van der Waals surface area contributed by atoms with Gasteiger partial charge in [0.2, 0.25) is 5.91 Å². The lowest BCUT2D eigenvalue weighted by Gasteiger charge is -2.28. The van der Waals surface area contributed by atoms with Gasteiger partial charge in [-0.25, -0.2) is 4.98 Å². The minimum Gasteiger partial charge on any atom is -0.323 e. The summed E-state index contributed by atoms with van der Waals surface area (Å²) in [5.41, 5.74) is 0.626. The number of carbonyl (C=O) groups is 3. The Hall–Kier alpha value is -4.29. The van der Waals surface area contributed by atoms with E-state index < -0.39 is 23.7 Å². The number of nitrogens with zero attached hydrogens (tertiary/aromatic N) is 3. The highest BCUT2D eigenvalue weighted by Crippen LogP contribution is 2.32. The van der Waals surface area contributed by atoms with E-state index in [0.717, 1.165) is 18.3 Å². The first kappa shape index (κ1) is 27.3. The zero-order valence-electron chi connectivity index (χ0n) is 20.4. The van der Waals surface area contributed by atoms with Crippen molar-refractivity contribution in [2.45, 2.75) is 25.2 Å². The van der Waals surface area contributed by atoms with Crippen LogP contribution in [0.15, 0.2) is 72.4 Å². The van der Waals surface area contributed by atoms with Crippen LogP contribution in [-0.4, -0.2) is 38.6 Å². The maximum Gasteiger partial charge on any atom is 0.416 e. The van der Waals surface area contributed by atoms with E-state index in [9.17, 15) is 27.6 Å². The quantitative estimate of drug-likeness (QED) is 0.303. The number of amides is 3. The van der Waals surface area contributed by atoms with Crippen LogP contribution in [0.2, 0.25) is 5.02 Å². The molecule has 4 aromatic rings. The second-order valence-corrected chi connectivity index (χ2v) is 10.1. The Morgan fingerprint density at radius 2 is 1.90 bits per heavy atom. The number of anilines is 2. The summed E-state index contributed by atoms with van der Waals surface area (Å²) in [6, 6.07) is 12.0. The standard InChI is InChI=1S/C27H19ClF3N5O3S/c28-19-11-15(4-5-18(19)24(37)35-22-12-16(6-9-33-22)27(29,30)31)14-36-21(13-17-3-1-2-8-32-17)25(38)34-20-7-10-40-23(20)26(36)39/h1-12,21H,13-14H2,(H,34,38)(H,33,35,37). The number of nitrogens with one attached hydrogen (secondary N) is 2. The van der Waals surface area contributed by atoms with Crippen molar-refractivity contribution in [3.8, 4) is 0 Å². The molecule has 0 saturated carbocycles. The highest BCUT2D eigenvalue weighted by molar-refractivity contribution is 7.12. The zero-order chi connectivity index (χ0) is 28.4. The van der Waals surface area contributed by atoms with Crippen LogP contribution in [0.25, 0.3) is 0 Å². The van der Waals surface area contributed by atoms with E-state index in [2.05, 4.69) is 20.6 Å². The predicted molar refractivity (Wildman–Crippen MR) is 143 cm³/mol. The zero-order valence-corrected chi connectivity index (χ0v) is 22.0. The van der Waals surface area contributed by atoms with Gasteiger partial charge in [0.1, 0.15) is 16.7 Å². The lowest BCUT2D eigenvalue weighted by Crippen LogP contribution is -2.46. The Balaban J connectivity index is 1.39. The smallest absolute Gasteiger partial charge is 0.323 e. The Labute approximate surface area is 234 Å². The van der Waals surface area contributed by atoms with Crippen molar-refractivity contribution in [2.75, 3.05) is 10.6 Å². The second kappa shape index (κ2) is 11.1. The van der Waals surface area contributed by atoms with Crippen LogP contribution in [-0.2, 0) is 23.9 Å². The van der Waals surface area contributed by atoms with Crippen LogP contribution in [0.1, 0.15) is 36.9 Å². The largest absolute Gasteiger partial charge is 0.416 e. The monoisotopic (exact) mass is 585 g/mol. The van der Waals surface area contributed by atoms with E-state index in [0.29, 0.717) is 21.8 Å². The van der Waals surface area contributed by atoms with Gasteiger partial charge in [0.15, 0.2) is 0 Å². The molecule has 3 amide bonds. The molecule has 3 aromatic heterocycles. The maximum absolute atomic E-state index is 13.5. The molecule has 0 bridgehead atoms. The SMILES string of the molecule is O=C(Nc1cc(C(F)(F)F)ccn1)c1ccc(CN2C(=O)c3sccc3NC(=O)C2Cc2ccccn2)cc1Cl. The molecule has 0 saturated heterocycles. The highest BCUT2D eigenvalue weighted by atomic mass is 35.5. The number of hydrogen-bond donors (Lipinski definition) is 2. The predicted octanol–water partition coefficient (Wildman–Crippen LogP) is 5.67. The third kappa shape index (κ3) is 5.82. The summed E-state index contributed by atoms with van der Waals surface area (Å²) < 4.78 is 39.0. The Morgan fingerprint density at radius 3 is 2.62 bits per heavy atom. The molecule has 13 heteroatoms. The Kier molecular flexibility index (Phi) is 7.55. The van der Waals surface area contributed by atoms with Crippen LogP contribution < -0.4 is 10.6 Å². The third-order valence-corrected chi connectivity index (χ3v) is 7.36. The summed E-state index contributed by atoms with van der Waals surface area (Å²) in [6.45, 7) is -0.00209. The summed E-state index contributed by atoms with van der Waals surface area (Å²) >= 11 is 7.59. The fourth-order valence-electron chi connectivity index (χ4n) is 4.20. The fourth-order valence-corrected chi connectivity index (χ4v) is 5.29. The minimum absolute atomic E-state index is 0.00209. The van der Waals surface area contributed by atoms with E-state index >= 15 is 0 Å². The molecule has 5 rings (SSSR count). The lowest BCUT2D eigenvalue weighted by molar-refractivity contribution is -0.137. The Morgan fingerprint density at radius 1 is 1.07 bits per heavy atom. The second-order valence-electron chi connectivity index (χ2n) is 8.82. The maximum atomic E-state index is 13.5. The van der Waals surface area contributed by atoms with Gasteiger partial charge in [-0.1, -0.05) is 23.7 Å². The van der Waals surface area contributed by atoms with Gasteiger partial charge in [0.25, 0.3) is 11.8 Å². The number of aromatic nitrogens is 2. The average Bonchev–Trinajstić information content (AvgIpc) is 3.35. The Bertz CT molecular complexity index is 1600. The van der Waals surface area contributed by atoms with Gasteiger partial charge in [0, 0.05) is 31.1 Å². The van der Waals surface area contributed by atoms with E-state index in [1.807, 2.05) is 0 Å². The van der Waals surface area contributed by atoms with Gasteiger partial charge in [-0.2, -0.15) is 13.2 Å². The van der Waals surface area contributed by atoms with Gasteiger partial charge < -0.3 is 15.5 Å². The number of rotatable bonds is 6. The summed E-state index contributed by atoms with van der Waals surface area (Å²) in [5, 5.41) is 6.85. The first-order chi connectivity index (χ1) is 19.1. The topological polar surface area (TPSA) is 104 Å². The van der Waals surface area contributed by atoms with Gasteiger partial charge in [-0.3, -0.25) is 19.4 Å². The van der Waals surface area contributed by atoms with Crippen LogP contribution in [0.3, 0.4) is 0 Å². The molecule has 1 unspecified atom stereocenters. The summed E-state index contributed by atoms with van der Waals surface area (Å²) in [5.74, 6) is -1.76. The van der Waals surface area contributed by atoms with Crippen LogP contribution >= 0.6 is 22.9 Å². The molecule has 1 aromatic carbocycles. The number of pyridine rings is 2. The molecule has 1 atom stereocenters. The molecule has 0 radical (unpaired) electrons. The van der Waals surface area contributed by atoms with Crippen LogP contribution in [0, 0.1) is 0 Å². The summed E-state index contributed by atoms with van der Waals surface area (Å²) in [6.07, 6.45) is -1.88. The van der Waals surface area contributed by atoms with Crippen molar-refractivity contribution in [2.24, 2.45) is 0 Å². The number of fused-ring (bicyclic) bond motifs is 1. The minimum atomic E-state index is -4.60. The number of halogens is 4. The number of alkyl halides is 3. The van der Waals surface area contributed by atoms with Gasteiger partial charge in [0.05, 0.1) is 21.8 Å². The van der Waals surface area contributed by atoms with Crippen molar-refractivity contribution in [3.63, 3.8) is 0 Å². The number of thiophene rings is 1. The van der Waals surface area contributed by atoms with Crippen LogP contribution in [0.4, 0.5) is 24.7 Å². The molecule has 0 fully saturated rings. The molecule has 40 heavy (non-hydrogen) atoms. The summed E-state index contributed by atoms with van der Waals surface area (Å²) in [7, 11) is 0. The first-order valence-electron chi connectivity index (χ1n) is 11.8. The number of carbonyl (C=O) groups excluding carboxylic acids is 3. The van der Waals surface area contributed by atoms with Crippen LogP contribution in [0.5, 0.6) is 0 Å². The molecule has 8 nitrogen and oxygen atoms in total. The normalized spacial score (nSPS) is 15.3. The van der Waals surface area contributed by atoms with E-state index in [1.54, 1.807) is 41.9 Å². The summed E-state index contributed by atoms with van der Waals surface area (Å²) in [4.78, 5) is 49.4. The van der Waals surface area contributed by atoms with Crippen molar-refractivity contribution < 1.29 is 27.6 Å². The molecule has 204 valence electrons. The van der Waals surface area contributed by atoms with Crippen molar-refractivity contribution in [1.82, 2.24) is 14.9 Å². The first-order valence-corrected chi connectivity index (χ1v) is 13.1. The van der Waals surface area contributed by atoms with E-state index in [-0.39, 0.29) is 41.2 Å². The van der Waals surface area contributed by atoms with E-state index in [4.69, 9.17) is 11.6 Å². The van der Waals surface area contributed by atoms with Gasteiger partial charge in [-0.05, 0) is 53.4 Å². The van der Waals surface area contributed by atoms with Gasteiger partial charge in [-0.15, -0.1) is 11.3 Å². The van der Waals surface area contributed by atoms with Crippen molar-refractivity contribution in [3.05, 3.63) is 105 Å². The fraction of sp³-hybridized carbons (Fsp3) is 0.148. The van der Waals surface area contributed by atoms with Gasteiger partial charge >= 0.3 is 6.18 Å². The molecule has 1 aliphatic rings. The molecule has 0 aliphatic carbocycles. The molecule has 1 aliphatic heterocycles. The molecule has 4 heterocycles. The number of hydrogen-bond acceptors (Lipinski definition) is 6. The van der Waals surface area contributed by atoms with Crippen molar-refractivity contribution >= 4 is 52.2 Å². The third-order valence-electron chi connectivity index (χ3n) is 6.15. The molecule has 2 N–H and O–H groups in total. The number of benzene rings is 1. The highest BCUT2D eigenvalue weighted by Gasteiger charge is 2.36. The van der Waals surface area contributed by atoms with Crippen molar-refractivity contribution in [1.29, 1.82) is 0 Å².